The Morgan fingerprint density at radius 3 is 2.48 bits per heavy atom. The lowest BCUT2D eigenvalue weighted by molar-refractivity contribution is 0.489. The minimum Gasteiger partial charge on any atom is -0.431 e. The van der Waals surface area contributed by atoms with Crippen LogP contribution in [-0.2, 0) is 0 Å². The van der Waals surface area contributed by atoms with Crippen LogP contribution in [0.5, 0.6) is 0 Å². The van der Waals surface area contributed by atoms with Crippen LogP contribution in [0, 0.1) is 0 Å². The van der Waals surface area contributed by atoms with Crippen LogP contribution in [0.3, 0.4) is 0 Å². The molecule has 2 heterocycles. The number of oxazole rings is 1. The molecule has 4 rings (SSSR count). The molecular formula is C15H10N4OS. The molecule has 0 radical (unpaired) electrons. The van der Waals surface area contributed by atoms with E-state index in [4.69, 9.17) is 10.2 Å². The highest BCUT2D eigenvalue weighted by molar-refractivity contribution is 7.99. The molecule has 102 valence electrons. The number of nitrogen functional groups attached to an aromatic ring is 1. The summed E-state index contributed by atoms with van der Waals surface area (Å²) in [5.41, 5.74) is 8.16. The molecule has 0 aliphatic heterocycles. The second kappa shape index (κ2) is 4.75. The number of nitrogens with two attached hydrogens (primary N) is 1. The molecule has 0 amide bonds. The summed E-state index contributed by atoms with van der Waals surface area (Å²) in [6, 6.07) is 15.4. The Bertz CT molecular complexity index is 918. The second-order valence-corrected chi connectivity index (χ2v) is 5.39. The molecule has 0 unspecified atom stereocenters. The van der Waals surface area contributed by atoms with E-state index in [1.165, 1.54) is 11.8 Å². The molecule has 0 saturated carbocycles. The van der Waals surface area contributed by atoms with Crippen LogP contribution < -0.4 is 5.73 Å². The van der Waals surface area contributed by atoms with E-state index >= 15 is 0 Å². The van der Waals surface area contributed by atoms with Gasteiger partial charge in [0.1, 0.15) is 10.5 Å². The molecule has 2 N–H and O–H groups in total. The maximum absolute atomic E-state index is 5.77. The average Bonchev–Trinajstić information content (AvgIpc) is 2.89. The first kappa shape index (κ1) is 12.2. The fourth-order valence-corrected chi connectivity index (χ4v) is 2.98. The van der Waals surface area contributed by atoms with Gasteiger partial charge in [-0.2, -0.15) is 0 Å². The van der Waals surface area contributed by atoms with Gasteiger partial charge in [0.05, 0.1) is 5.52 Å². The third kappa shape index (κ3) is 2.19. The fourth-order valence-electron chi connectivity index (χ4n) is 2.12. The minimum absolute atomic E-state index is 0.243. The summed E-state index contributed by atoms with van der Waals surface area (Å²) in [6.45, 7) is 0. The van der Waals surface area contributed by atoms with Crippen LogP contribution in [0.1, 0.15) is 0 Å². The van der Waals surface area contributed by atoms with Crippen molar-refractivity contribution in [3.63, 3.8) is 0 Å². The van der Waals surface area contributed by atoms with Crippen LogP contribution in [0.15, 0.2) is 63.2 Å². The highest BCUT2D eigenvalue weighted by Gasteiger charge is 2.12. The van der Waals surface area contributed by atoms with Crippen LogP contribution in [-0.4, -0.2) is 15.0 Å². The molecule has 0 saturated heterocycles. The molecule has 2 aromatic carbocycles. The maximum Gasteiger partial charge on any atom is 0.263 e. The first-order chi connectivity index (χ1) is 10.3. The predicted molar refractivity (Wildman–Crippen MR) is 82.1 cm³/mol. The van der Waals surface area contributed by atoms with E-state index < -0.39 is 0 Å². The summed E-state index contributed by atoms with van der Waals surface area (Å²) in [4.78, 5) is 13.0. The number of aromatic nitrogens is 3. The lowest BCUT2D eigenvalue weighted by atomic mass is 10.2. The van der Waals surface area contributed by atoms with Crippen LogP contribution >= 0.6 is 11.8 Å². The van der Waals surface area contributed by atoms with Gasteiger partial charge in [-0.25, -0.2) is 15.0 Å². The highest BCUT2D eigenvalue weighted by atomic mass is 32.2. The largest absolute Gasteiger partial charge is 0.431 e. The number of hydrogen-bond acceptors (Lipinski definition) is 6. The third-order valence-corrected chi connectivity index (χ3v) is 3.90. The van der Waals surface area contributed by atoms with Crippen molar-refractivity contribution in [3.05, 3.63) is 48.5 Å². The zero-order valence-electron chi connectivity index (χ0n) is 10.9. The summed E-state index contributed by atoms with van der Waals surface area (Å²) in [5.74, 6) is 0.243. The van der Waals surface area contributed by atoms with Gasteiger partial charge in [-0.1, -0.05) is 30.3 Å². The number of para-hydroxylation sites is 3. The van der Waals surface area contributed by atoms with Gasteiger partial charge in [-0.05, 0) is 30.0 Å². The number of nitrogens with zero attached hydrogens (tertiary/aromatic N) is 3. The van der Waals surface area contributed by atoms with E-state index in [1.807, 2.05) is 48.5 Å². The Kier molecular flexibility index (Phi) is 2.75. The van der Waals surface area contributed by atoms with Gasteiger partial charge < -0.3 is 10.2 Å². The topological polar surface area (TPSA) is 77.8 Å². The van der Waals surface area contributed by atoms with Crippen molar-refractivity contribution in [1.29, 1.82) is 0 Å². The van der Waals surface area contributed by atoms with Crippen molar-refractivity contribution in [2.45, 2.75) is 10.2 Å². The SMILES string of the molecule is Nc1nc(Sc2nc3ccccc3o2)c2ccccc2n1. The first-order valence-electron chi connectivity index (χ1n) is 6.35. The summed E-state index contributed by atoms with van der Waals surface area (Å²) < 4.78 is 5.71. The molecule has 0 aliphatic rings. The van der Waals surface area contributed by atoms with Gasteiger partial charge in [0.2, 0.25) is 5.95 Å². The lowest BCUT2D eigenvalue weighted by Gasteiger charge is -2.03. The van der Waals surface area contributed by atoms with Crippen molar-refractivity contribution in [2.24, 2.45) is 0 Å². The summed E-state index contributed by atoms with van der Waals surface area (Å²) in [7, 11) is 0. The van der Waals surface area contributed by atoms with E-state index in [1.54, 1.807) is 0 Å². The summed E-state index contributed by atoms with van der Waals surface area (Å²) in [5, 5.41) is 2.21. The van der Waals surface area contributed by atoms with E-state index in [-0.39, 0.29) is 5.95 Å². The molecule has 5 nitrogen and oxygen atoms in total. The Balaban J connectivity index is 1.83. The lowest BCUT2D eigenvalue weighted by Crippen LogP contribution is -1.97. The zero-order chi connectivity index (χ0) is 14.2. The van der Waals surface area contributed by atoms with Gasteiger partial charge in [-0.3, -0.25) is 0 Å². The van der Waals surface area contributed by atoms with Crippen molar-refractivity contribution in [2.75, 3.05) is 5.73 Å². The van der Waals surface area contributed by atoms with E-state index in [9.17, 15) is 0 Å². The number of fused-ring (bicyclic) bond motifs is 2. The minimum atomic E-state index is 0.243. The van der Waals surface area contributed by atoms with Crippen molar-refractivity contribution >= 4 is 39.7 Å². The molecule has 0 aliphatic carbocycles. The highest BCUT2D eigenvalue weighted by Crippen LogP contribution is 2.33. The van der Waals surface area contributed by atoms with Crippen LogP contribution in [0.4, 0.5) is 5.95 Å². The van der Waals surface area contributed by atoms with E-state index in [0.717, 1.165) is 27.0 Å². The Morgan fingerprint density at radius 2 is 1.62 bits per heavy atom. The van der Waals surface area contributed by atoms with E-state index in [2.05, 4.69) is 15.0 Å². The Morgan fingerprint density at radius 1 is 0.857 bits per heavy atom. The number of anilines is 1. The van der Waals surface area contributed by atoms with Gasteiger partial charge in [0, 0.05) is 5.39 Å². The number of hydrogen-bond donors (Lipinski definition) is 1. The van der Waals surface area contributed by atoms with Gasteiger partial charge in [-0.15, -0.1) is 0 Å². The average molecular weight is 294 g/mol. The molecule has 0 fully saturated rings. The molecule has 0 bridgehead atoms. The molecule has 2 aromatic heterocycles. The number of benzene rings is 2. The second-order valence-electron chi connectivity index (χ2n) is 4.45. The van der Waals surface area contributed by atoms with E-state index in [0.29, 0.717) is 5.22 Å². The van der Waals surface area contributed by atoms with Crippen molar-refractivity contribution in [1.82, 2.24) is 15.0 Å². The number of rotatable bonds is 2. The molecule has 4 aromatic rings. The standard InChI is InChI=1S/C15H10N4OS/c16-14-17-10-6-2-1-5-9(10)13(19-14)21-15-18-11-7-3-4-8-12(11)20-15/h1-8H,(H2,16,17,19). The Labute approximate surface area is 124 Å². The van der Waals surface area contributed by atoms with Crippen molar-refractivity contribution < 1.29 is 4.42 Å². The molecular weight excluding hydrogens is 284 g/mol. The summed E-state index contributed by atoms with van der Waals surface area (Å²) in [6.07, 6.45) is 0. The molecule has 21 heavy (non-hydrogen) atoms. The summed E-state index contributed by atoms with van der Waals surface area (Å²) >= 11 is 1.35. The predicted octanol–water partition coefficient (Wildman–Crippen LogP) is 3.50. The quantitative estimate of drug-likeness (QED) is 0.570. The fraction of sp³-hybridized carbons (Fsp3) is 0. The monoisotopic (exact) mass is 294 g/mol. The van der Waals surface area contributed by atoms with Gasteiger partial charge >= 0.3 is 0 Å². The van der Waals surface area contributed by atoms with Crippen molar-refractivity contribution in [3.8, 4) is 0 Å². The zero-order valence-corrected chi connectivity index (χ0v) is 11.7. The molecule has 0 atom stereocenters. The van der Waals surface area contributed by atoms with Crippen LogP contribution in [0.2, 0.25) is 0 Å². The van der Waals surface area contributed by atoms with Gasteiger partial charge in [0.25, 0.3) is 5.22 Å². The van der Waals surface area contributed by atoms with Crippen LogP contribution in [0.25, 0.3) is 22.0 Å². The van der Waals surface area contributed by atoms with Gasteiger partial charge in [0.15, 0.2) is 5.58 Å². The normalized spacial score (nSPS) is 11.2. The first-order valence-corrected chi connectivity index (χ1v) is 7.17. The smallest absolute Gasteiger partial charge is 0.263 e. The molecule has 6 heteroatoms. The maximum atomic E-state index is 5.77. The molecule has 0 spiro atoms. The third-order valence-electron chi connectivity index (χ3n) is 3.04. The Hall–Kier alpha value is -2.60.